The average Bonchev–Trinajstić information content (AvgIpc) is 4.46. The molecule has 85 heavy (non-hydrogen) atoms. The lowest BCUT2D eigenvalue weighted by molar-refractivity contribution is 0.272. The van der Waals surface area contributed by atoms with E-state index >= 15 is 0 Å². The van der Waals surface area contributed by atoms with E-state index < -0.39 is 0 Å². The Morgan fingerprint density at radius 1 is 0.212 bits per heavy atom. The summed E-state index contributed by atoms with van der Waals surface area (Å²) in [7, 11) is 0. The van der Waals surface area contributed by atoms with Crippen LogP contribution in [0.5, 0.6) is 0 Å². The van der Waals surface area contributed by atoms with E-state index in [2.05, 4.69) is 292 Å². The van der Waals surface area contributed by atoms with Crippen molar-refractivity contribution in [2.75, 3.05) is 0 Å². The van der Waals surface area contributed by atoms with Crippen molar-refractivity contribution in [1.29, 1.82) is 0 Å². The van der Waals surface area contributed by atoms with Crippen LogP contribution < -0.4 is 0 Å². The predicted octanol–water partition coefficient (Wildman–Crippen LogP) is 24.3. The molecule has 7 fully saturated rings. The molecule has 0 atom stereocenters. The highest BCUT2D eigenvalue weighted by atomic mass is 14.5. The third-order valence-electron chi connectivity index (χ3n) is 21.9. The molecule has 7 aliphatic carbocycles. The van der Waals surface area contributed by atoms with E-state index in [4.69, 9.17) is 0 Å². The van der Waals surface area contributed by atoms with Crippen molar-refractivity contribution in [3.05, 3.63) is 249 Å². The summed E-state index contributed by atoms with van der Waals surface area (Å²) >= 11 is 0. The van der Waals surface area contributed by atoms with Gasteiger partial charge in [0.1, 0.15) is 0 Å². The number of rotatable bonds is 7. The molecule has 0 radical (unpaired) electrons. The largest absolute Gasteiger partial charge is 0.0622 e. The Morgan fingerprint density at radius 3 is 0.565 bits per heavy atom. The lowest BCUT2D eigenvalue weighted by Gasteiger charge is -2.39. The van der Waals surface area contributed by atoms with Gasteiger partial charge in [0.15, 0.2) is 0 Å². The summed E-state index contributed by atoms with van der Waals surface area (Å²) in [5.74, 6) is 0. The number of aryl methyl sites for hydroxylation is 2. The molecule has 454 valence electrons. The molecule has 14 rings (SSSR count). The fourth-order valence-corrected chi connectivity index (χ4v) is 13.0. The van der Waals surface area contributed by atoms with Gasteiger partial charge in [-0.25, -0.2) is 0 Å². The first-order valence-corrected chi connectivity index (χ1v) is 33.7. The van der Waals surface area contributed by atoms with Crippen molar-refractivity contribution in [3.8, 4) is 0 Å². The topological polar surface area (TPSA) is 0 Å². The van der Waals surface area contributed by atoms with Gasteiger partial charge in [-0.3, -0.25) is 0 Å². The summed E-state index contributed by atoms with van der Waals surface area (Å²) in [4.78, 5) is 0. The van der Waals surface area contributed by atoms with Gasteiger partial charge in [0.05, 0.1) is 0 Å². The van der Waals surface area contributed by atoms with E-state index in [0.717, 1.165) is 0 Å². The highest BCUT2D eigenvalue weighted by Crippen LogP contribution is 2.50. The molecule has 7 aliphatic rings. The van der Waals surface area contributed by atoms with Crippen LogP contribution in [0.2, 0.25) is 0 Å². The van der Waals surface area contributed by atoms with Gasteiger partial charge in [-0.15, -0.1) is 0 Å². The Labute approximate surface area is 520 Å². The van der Waals surface area contributed by atoms with E-state index in [1.165, 1.54) is 183 Å². The van der Waals surface area contributed by atoms with Gasteiger partial charge < -0.3 is 0 Å². The van der Waals surface area contributed by atoms with Crippen molar-refractivity contribution in [3.63, 3.8) is 0 Å². The zero-order chi connectivity index (χ0) is 61.2. The van der Waals surface area contributed by atoms with Crippen LogP contribution in [0.25, 0.3) is 0 Å². The summed E-state index contributed by atoms with van der Waals surface area (Å²) in [6.45, 7) is 34.5. The molecule has 7 saturated carbocycles. The molecule has 0 unspecified atom stereocenters. The summed E-state index contributed by atoms with van der Waals surface area (Å²) < 4.78 is 0. The molecule has 0 saturated heterocycles. The molecular weight excluding hydrogens is 1020 g/mol. The third-order valence-corrected chi connectivity index (χ3v) is 21.9. The zero-order valence-corrected chi connectivity index (χ0v) is 56.3. The number of hydrogen-bond donors (Lipinski definition) is 0. The Morgan fingerprint density at radius 2 is 0.388 bits per heavy atom. The van der Waals surface area contributed by atoms with Gasteiger partial charge in [-0.05, 0) is 203 Å². The summed E-state index contributed by atoms with van der Waals surface area (Å²) in [6, 6.07) is 69.0. The summed E-state index contributed by atoms with van der Waals surface area (Å²) in [6.07, 6.45) is 26.2. The lowest BCUT2D eigenvalue weighted by atomic mass is 9.66. The van der Waals surface area contributed by atoms with Crippen molar-refractivity contribution < 1.29 is 0 Å². The average molecular weight is 1140 g/mol. The van der Waals surface area contributed by atoms with Gasteiger partial charge in [0.2, 0.25) is 0 Å². The molecule has 0 aliphatic heterocycles. The maximum Gasteiger partial charge on any atom is -0.00746 e. The minimum Gasteiger partial charge on any atom is -0.0622 e. The SMILES string of the molecule is CC(C)(C)c1ccc(C2(C)CC2)cc1.CC(C)(C)c1ccc(C2(C)CCC2)cc1.CC1(c2ccccc2)CC1.CC1(c2ccccc2)CCC1.CC1(c2ccccc2)CCCC1.Cc1ccc(C2(C)CC2)cc1.Cc1ccc(C2(C)CCC2)cc1. The van der Waals surface area contributed by atoms with E-state index in [-0.39, 0.29) is 10.8 Å². The maximum absolute atomic E-state index is 2.40. The first-order valence-electron chi connectivity index (χ1n) is 33.7. The number of hydrogen-bond acceptors (Lipinski definition) is 0. The van der Waals surface area contributed by atoms with E-state index in [0.29, 0.717) is 37.9 Å². The van der Waals surface area contributed by atoms with Crippen LogP contribution in [0.15, 0.2) is 188 Å². The van der Waals surface area contributed by atoms with Gasteiger partial charge in [-0.2, -0.15) is 0 Å². The number of benzene rings is 7. The molecular formula is C85H114. The molecule has 0 heteroatoms. The molecule has 0 amide bonds. The molecule has 7 aromatic carbocycles. The lowest BCUT2D eigenvalue weighted by Crippen LogP contribution is -2.30. The summed E-state index contributed by atoms with van der Waals surface area (Å²) in [5.41, 5.74) is 20.4. The van der Waals surface area contributed by atoms with E-state index in [1.807, 2.05) is 0 Å². The monoisotopic (exact) mass is 1130 g/mol. The Hall–Kier alpha value is -5.46. The molecule has 0 aromatic heterocycles. The normalized spacial score (nSPS) is 20.2. The quantitative estimate of drug-likeness (QED) is 0.149. The second kappa shape index (κ2) is 27.3. The highest BCUT2D eigenvalue weighted by molar-refractivity contribution is 5.37. The molecule has 0 nitrogen and oxygen atoms in total. The summed E-state index contributed by atoms with van der Waals surface area (Å²) in [5, 5.41) is 0. The minimum absolute atomic E-state index is 0.277. The second-order valence-corrected chi connectivity index (χ2v) is 31.7. The molecule has 0 bridgehead atoms. The van der Waals surface area contributed by atoms with Crippen molar-refractivity contribution >= 4 is 0 Å². The van der Waals surface area contributed by atoms with Crippen molar-refractivity contribution in [1.82, 2.24) is 0 Å². The van der Waals surface area contributed by atoms with Crippen LogP contribution in [-0.2, 0) is 48.7 Å². The Balaban J connectivity index is 0.000000130. The fourth-order valence-electron chi connectivity index (χ4n) is 13.0. The smallest absolute Gasteiger partial charge is 0.00746 e. The van der Waals surface area contributed by atoms with Crippen LogP contribution >= 0.6 is 0 Å². The zero-order valence-electron chi connectivity index (χ0n) is 56.3. The van der Waals surface area contributed by atoms with Gasteiger partial charge in [0, 0.05) is 0 Å². The Kier molecular flexibility index (Phi) is 21.0. The van der Waals surface area contributed by atoms with Crippen LogP contribution in [0.4, 0.5) is 0 Å². The second-order valence-electron chi connectivity index (χ2n) is 31.7. The maximum atomic E-state index is 2.40. The van der Waals surface area contributed by atoms with Crippen LogP contribution in [0.3, 0.4) is 0 Å². The first kappa shape index (κ1) is 65.5. The third kappa shape index (κ3) is 17.9. The standard InChI is InChI=1S/C15H22.C14H20.2C12H16.2C11H14.C10H12/c1-14(2,3)12-6-8-13(9-7-12)15(4)10-5-11-15;1-13(2,3)11-5-7-12(8-6-11)14(4)9-10-14;1-10-4-6-11(7-5-10)12(2)8-3-9-12;1-12(9-5-6-10-12)11-7-3-2-4-8-11;1-9-3-5-10(6-4-9)11(2)7-8-11;1-11(8-5-9-11)10-6-3-2-4-7-10;1-10(7-8-10)9-5-3-2-4-6-9/h6-9H,5,10-11H2,1-4H3;5-8H,9-10H2,1-4H3;4-7H,3,8-9H2,1-2H3;2-4,7-8H,5-6,9-10H2,1H3;3-6H,7-8H2,1-2H3;2-4,6-7H,5,8-9H2,1H3;2-6H,7-8H2,1H3. The molecule has 0 N–H and O–H groups in total. The molecule has 0 heterocycles. The van der Waals surface area contributed by atoms with E-state index in [1.54, 1.807) is 0 Å². The van der Waals surface area contributed by atoms with Gasteiger partial charge >= 0.3 is 0 Å². The van der Waals surface area contributed by atoms with Gasteiger partial charge in [0.25, 0.3) is 0 Å². The predicted molar refractivity (Wildman–Crippen MR) is 371 cm³/mol. The van der Waals surface area contributed by atoms with E-state index in [9.17, 15) is 0 Å². The van der Waals surface area contributed by atoms with Crippen molar-refractivity contribution in [2.45, 2.75) is 275 Å². The minimum atomic E-state index is 0.277. The molecule has 7 aromatic rings. The fraction of sp³-hybridized carbons (Fsp3) is 0.506. The molecule has 0 spiro atoms. The first-order chi connectivity index (χ1) is 40.2. The van der Waals surface area contributed by atoms with Crippen molar-refractivity contribution in [2.24, 2.45) is 0 Å². The van der Waals surface area contributed by atoms with Gasteiger partial charge in [-0.1, -0.05) is 321 Å². The van der Waals surface area contributed by atoms with Crippen LogP contribution in [0, 0.1) is 13.8 Å². The Bertz CT molecular complexity index is 3050. The van der Waals surface area contributed by atoms with Crippen LogP contribution in [0.1, 0.15) is 273 Å². The highest BCUT2D eigenvalue weighted by Gasteiger charge is 2.41. The van der Waals surface area contributed by atoms with Crippen LogP contribution in [-0.4, -0.2) is 0 Å².